The molecule has 4 nitrogen and oxygen atoms in total. The predicted octanol–water partition coefficient (Wildman–Crippen LogP) is 3.36. The third kappa shape index (κ3) is 3.63. The molecule has 1 N–H and O–H groups in total. The van der Waals surface area contributed by atoms with Crippen molar-refractivity contribution in [2.45, 2.75) is 24.0 Å². The van der Waals surface area contributed by atoms with Gasteiger partial charge < -0.3 is 0 Å². The third-order valence-corrected chi connectivity index (χ3v) is 7.59. The van der Waals surface area contributed by atoms with Crippen LogP contribution in [0.1, 0.15) is 23.4 Å². The Balaban J connectivity index is 2.06. The summed E-state index contributed by atoms with van der Waals surface area (Å²) in [6.07, 6.45) is 1.73. The van der Waals surface area contributed by atoms with Crippen LogP contribution in [0.2, 0.25) is 0 Å². The first kappa shape index (κ1) is 15.1. The topological polar surface area (TPSA) is 59.1 Å². The number of aryl methyl sites for hydroxylation is 1. The van der Waals surface area contributed by atoms with E-state index >= 15 is 0 Å². The van der Waals surface area contributed by atoms with Crippen LogP contribution >= 0.6 is 38.6 Å². The van der Waals surface area contributed by atoms with E-state index in [-0.39, 0.29) is 5.92 Å². The normalized spacial score (nSPS) is 13.6. The average molecular weight is 381 g/mol. The molecule has 0 aliphatic rings. The highest BCUT2D eigenvalue weighted by molar-refractivity contribution is 9.11. The highest BCUT2D eigenvalue weighted by atomic mass is 79.9. The van der Waals surface area contributed by atoms with E-state index in [0.717, 1.165) is 14.4 Å². The van der Waals surface area contributed by atoms with Gasteiger partial charge in [-0.1, -0.05) is 6.92 Å². The summed E-state index contributed by atoms with van der Waals surface area (Å²) in [4.78, 5) is 4.19. The van der Waals surface area contributed by atoms with Crippen LogP contribution in [0.4, 0.5) is 0 Å². The summed E-state index contributed by atoms with van der Waals surface area (Å²) in [5, 5.41) is 2.83. The fourth-order valence-corrected chi connectivity index (χ4v) is 5.53. The van der Waals surface area contributed by atoms with Gasteiger partial charge in [-0.2, -0.15) is 0 Å². The van der Waals surface area contributed by atoms with E-state index < -0.39 is 10.0 Å². The smallest absolute Gasteiger partial charge is 0.249 e. The number of rotatable bonds is 5. The fraction of sp³-hybridized carbons (Fsp3) is 0.364. The van der Waals surface area contributed by atoms with Crippen LogP contribution in [0.25, 0.3) is 0 Å². The van der Waals surface area contributed by atoms with Gasteiger partial charge in [-0.25, -0.2) is 18.1 Å². The molecule has 0 saturated heterocycles. The molecular formula is C11H13BrN2O2S3. The molecule has 0 radical (unpaired) electrons. The number of sulfonamides is 1. The Labute approximate surface area is 129 Å². The van der Waals surface area contributed by atoms with Crippen molar-refractivity contribution in [2.24, 2.45) is 0 Å². The molecule has 2 rings (SSSR count). The van der Waals surface area contributed by atoms with Gasteiger partial charge in [0.1, 0.15) is 4.21 Å². The molecule has 0 aliphatic heterocycles. The Morgan fingerprint density at radius 3 is 2.79 bits per heavy atom. The molecule has 2 aromatic heterocycles. The molecule has 0 bridgehead atoms. The number of aromatic nitrogens is 1. The van der Waals surface area contributed by atoms with Gasteiger partial charge in [0.05, 0.1) is 8.79 Å². The summed E-state index contributed by atoms with van der Waals surface area (Å²) in [5.41, 5.74) is 0.929. The molecule has 8 heteroatoms. The van der Waals surface area contributed by atoms with Crippen LogP contribution in [0, 0.1) is 6.92 Å². The maximum absolute atomic E-state index is 12.1. The van der Waals surface area contributed by atoms with Crippen LogP contribution in [-0.4, -0.2) is 19.9 Å². The van der Waals surface area contributed by atoms with Crippen molar-refractivity contribution in [1.29, 1.82) is 0 Å². The molecule has 0 fully saturated rings. The fourth-order valence-electron chi connectivity index (χ4n) is 1.44. The molecule has 0 aromatic carbocycles. The van der Waals surface area contributed by atoms with E-state index in [9.17, 15) is 8.42 Å². The van der Waals surface area contributed by atoms with E-state index in [4.69, 9.17) is 0 Å². The zero-order valence-electron chi connectivity index (χ0n) is 10.4. The Morgan fingerprint density at radius 1 is 1.53 bits per heavy atom. The van der Waals surface area contributed by atoms with Crippen molar-refractivity contribution in [2.75, 3.05) is 6.54 Å². The minimum atomic E-state index is -3.43. The molecule has 0 spiro atoms. The van der Waals surface area contributed by atoms with Gasteiger partial charge in [0, 0.05) is 24.0 Å². The average Bonchev–Trinajstić information content (AvgIpc) is 2.98. The maximum Gasteiger partial charge on any atom is 0.250 e. The number of thiophene rings is 1. The number of nitrogens with zero attached hydrogens (tertiary/aromatic N) is 1. The minimum Gasteiger partial charge on any atom is -0.249 e. The molecule has 104 valence electrons. The van der Waals surface area contributed by atoms with Gasteiger partial charge in [0.15, 0.2) is 0 Å². The zero-order chi connectivity index (χ0) is 14.0. The van der Waals surface area contributed by atoms with E-state index in [0.29, 0.717) is 10.8 Å². The molecule has 2 aromatic rings. The Hall–Kier alpha value is -0.280. The van der Waals surface area contributed by atoms with Gasteiger partial charge in [0.2, 0.25) is 10.0 Å². The lowest BCUT2D eigenvalue weighted by Crippen LogP contribution is -2.27. The molecule has 0 saturated carbocycles. The van der Waals surface area contributed by atoms with Crippen LogP contribution < -0.4 is 4.72 Å². The summed E-state index contributed by atoms with van der Waals surface area (Å²) >= 11 is 6.09. The first-order chi connectivity index (χ1) is 8.90. The van der Waals surface area contributed by atoms with Crippen LogP contribution in [0.5, 0.6) is 0 Å². The number of hydrogen-bond acceptors (Lipinski definition) is 5. The first-order valence-electron chi connectivity index (χ1n) is 5.55. The van der Waals surface area contributed by atoms with Crippen molar-refractivity contribution in [3.05, 3.63) is 32.0 Å². The summed E-state index contributed by atoms with van der Waals surface area (Å²) in [7, 11) is -3.43. The van der Waals surface area contributed by atoms with Crippen molar-refractivity contribution in [3.8, 4) is 0 Å². The largest absolute Gasteiger partial charge is 0.250 e. The van der Waals surface area contributed by atoms with Crippen molar-refractivity contribution < 1.29 is 8.42 Å². The Morgan fingerprint density at radius 2 is 2.26 bits per heavy atom. The monoisotopic (exact) mass is 380 g/mol. The SMILES string of the molecule is Cc1cc(S(=O)(=O)NCC(C)c2nccs2)sc1Br. The standard InChI is InChI=1S/C11H13BrN2O2S3/c1-7-5-9(18-10(7)12)19(15,16)14-6-8(2)11-13-3-4-17-11/h3-5,8,14H,6H2,1-2H3. The van der Waals surface area contributed by atoms with E-state index in [2.05, 4.69) is 25.6 Å². The minimum absolute atomic E-state index is 0.0688. The molecule has 2 heterocycles. The molecule has 19 heavy (non-hydrogen) atoms. The second-order valence-electron chi connectivity index (χ2n) is 4.15. The second kappa shape index (κ2) is 6.01. The van der Waals surface area contributed by atoms with Gasteiger partial charge in [0.25, 0.3) is 0 Å². The highest BCUT2D eigenvalue weighted by Crippen LogP contribution is 2.30. The van der Waals surface area contributed by atoms with Crippen LogP contribution in [0.15, 0.2) is 25.6 Å². The van der Waals surface area contributed by atoms with Crippen LogP contribution in [-0.2, 0) is 10.0 Å². The zero-order valence-corrected chi connectivity index (χ0v) is 14.4. The Bertz CT molecular complexity index is 630. The molecule has 1 atom stereocenters. The second-order valence-corrected chi connectivity index (χ2v) is 9.44. The quantitative estimate of drug-likeness (QED) is 0.864. The summed E-state index contributed by atoms with van der Waals surface area (Å²) in [6, 6.07) is 1.67. The number of thiazole rings is 1. The van der Waals surface area contributed by atoms with Gasteiger partial charge >= 0.3 is 0 Å². The number of halogens is 1. The van der Waals surface area contributed by atoms with Gasteiger partial charge in [-0.3, -0.25) is 0 Å². The maximum atomic E-state index is 12.1. The van der Waals surface area contributed by atoms with E-state index in [1.807, 2.05) is 19.2 Å². The van der Waals surface area contributed by atoms with Gasteiger partial charge in [-0.15, -0.1) is 22.7 Å². The van der Waals surface area contributed by atoms with Crippen molar-refractivity contribution in [1.82, 2.24) is 9.71 Å². The summed E-state index contributed by atoms with van der Waals surface area (Å²) < 4.78 is 28.1. The highest BCUT2D eigenvalue weighted by Gasteiger charge is 2.19. The third-order valence-electron chi connectivity index (χ3n) is 2.55. The van der Waals surface area contributed by atoms with E-state index in [1.165, 1.54) is 22.7 Å². The molecular weight excluding hydrogens is 368 g/mol. The molecule has 0 aliphatic carbocycles. The Kier molecular flexibility index (Phi) is 4.78. The predicted molar refractivity (Wildman–Crippen MR) is 82.5 cm³/mol. The van der Waals surface area contributed by atoms with E-state index in [1.54, 1.807) is 12.3 Å². The summed E-state index contributed by atoms with van der Waals surface area (Å²) in [5.74, 6) is 0.0688. The molecule has 1 unspecified atom stereocenters. The lowest BCUT2D eigenvalue weighted by atomic mass is 10.2. The van der Waals surface area contributed by atoms with Crippen molar-refractivity contribution >= 4 is 48.6 Å². The summed E-state index contributed by atoms with van der Waals surface area (Å²) in [6.45, 7) is 4.18. The lowest BCUT2D eigenvalue weighted by molar-refractivity contribution is 0.576. The molecule has 0 amide bonds. The number of nitrogens with one attached hydrogen (secondary N) is 1. The van der Waals surface area contributed by atoms with Crippen molar-refractivity contribution in [3.63, 3.8) is 0 Å². The number of hydrogen-bond donors (Lipinski definition) is 1. The first-order valence-corrected chi connectivity index (χ1v) is 9.52. The van der Waals surface area contributed by atoms with Gasteiger partial charge in [-0.05, 0) is 34.5 Å². The van der Waals surface area contributed by atoms with Crippen LogP contribution in [0.3, 0.4) is 0 Å². The lowest BCUT2D eigenvalue weighted by Gasteiger charge is -2.09.